The molecule has 10 heteroatoms. The smallest absolute Gasteiger partial charge is 0.410 e. The van der Waals surface area contributed by atoms with Gasteiger partial charge >= 0.3 is 6.09 Å². The van der Waals surface area contributed by atoms with Crippen LogP contribution in [0.25, 0.3) is 21.5 Å². The highest BCUT2D eigenvalue weighted by atomic mass is 32.1. The van der Waals surface area contributed by atoms with Crippen LogP contribution in [-0.2, 0) is 11.3 Å². The Balaban J connectivity index is 1.40. The van der Waals surface area contributed by atoms with Crippen molar-refractivity contribution >= 4 is 34.0 Å². The van der Waals surface area contributed by atoms with Crippen LogP contribution in [0.1, 0.15) is 34.7 Å². The molecule has 0 aliphatic carbocycles. The fourth-order valence-electron chi connectivity index (χ4n) is 5.26. The fourth-order valence-corrected chi connectivity index (χ4v) is 6.05. The molecule has 1 amide bonds. The van der Waals surface area contributed by atoms with Gasteiger partial charge in [0.05, 0.1) is 35.1 Å². The van der Waals surface area contributed by atoms with Crippen LogP contribution < -0.4 is 10.9 Å². The standard InChI is InChI=1S/C28H26N6O3S/c1-16-13-30-26(38-16)22-10-25-23(11-24(22)32-20-7-8-33-21(9-20)15-37-28(33)36)27(35)34(17(2)31-25)14-19-5-3-18(12-29)4-6-19/h3-6,10-11,13,20-21,32H,7-9,14-15H2,1-2H3/t20-,21-/m0/s1. The van der Waals surface area contributed by atoms with Gasteiger partial charge in [-0.15, -0.1) is 11.3 Å². The first-order valence-corrected chi connectivity index (χ1v) is 13.4. The third-order valence-electron chi connectivity index (χ3n) is 7.27. The molecule has 2 saturated heterocycles. The molecule has 2 fully saturated rings. The van der Waals surface area contributed by atoms with Crippen LogP contribution in [0.15, 0.2) is 47.4 Å². The molecule has 1 N–H and O–H groups in total. The van der Waals surface area contributed by atoms with Crippen LogP contribution in [-0.4, -0.2) is 50.8 Å². The fraction of sp³-hybridized carbons (Fsp3) is 0.321. The number of nitrogens with zero attached hydrogens (tertiary/aromatic N) is 5. The molecule has 2 aliphatic rings. The zero-order chi connectivity index (χ0) is 26.4. The van der Waals surface area contributed by atoms with E-state index in [0.29, 0.717) is 42.0 Å². The minimum Gasteiger partial charge on any atom is -0.447 e. The first-order chi connectivity index (χ1) is 18.4. The van der Waals surface area contributed by atoms with Crippen LogP contribution in [0, 0.1) is 25.2 Å². The lowest BCUT2D eigenvalue weighted by Gasteiger charge is -2.33. The highest BCUT2D eigenvalue weighted by Gasteiger charge is 2.38. The number of hydrogen-bond donors (Lipinski definition) is 1. The molecule has 2 atom stereocenters. The Morgan fingerprint density at radius 3 is 2.76 bits per heavy atom. The van der Waals surface area contributed by atoms with Gasteiger partial charge in [0.15, 0.2) is 0 Å². The molecule has 4 aromatic rings. The number of fused-ring (bicyclic) bond motifs is 2. The Morgan fingerprint density at radius 2 is 2.03 bits per heavy atom. The van der Waals surface area contributed by atoms with Crippen molar-refractivity contribution in [3.05, 3.63) is 74.8 Å². The maximum Gasteiger partial charge on any atom is 0.410 e. The minimum atomic E-state index is -0.234. The highest BCUT2D eigenvalue weighted by molar-refractivity contribution is 7.15. The van der Waals surface area contributed by atoms with Crippen molar-refractivity contribution in [1.29, 1.82) is 5.26 Å². The number of hydrogen-bond acceptors (Lipinski definition) is 8. The van der Waals surface area contributed by atoms with Gasteiger partial charge in [0.25, 0.3) is 5.56 Å². The molecule has 6 rings (SSSR count). The molecule has 0 bridgehead atoms. The van der Waals surface area contributed by atoms with E-state index >= 15 is 0 Å². The van der Waals surface area contributed by atoms with Gasteiger partial charge in [0.2, 0.25) is 0 Å². The van der Waals surface area contributed by atoms with Gasteiger partial charge in [-0.3, -0.25) is 9.36 Å². The van der Waals surface area contributed by atoms with Gasteiger partial charge in [-0.25, -0.2) is 14.8 Å². The largest absolute Gasteiger partial charge is 0.447 e. The van der Waals surface area contributed by atoms with E-state index in [-0.39, 0.29) is 23.7 Å². The summed E-state index contributed by atoms with van der Waals surface area (Å²) in [6, 6.07) is 13.4. The number of amides is 1. The average molecular weight is 527 g/mol. The number of nitriles is 1. The van der Waals surface area contributed by atoms with Gasteiger partial charge in [0.1, 0.15) is 17.4 Å². The lowest BCUT2D eigenvalue weighted by molar-refractivity contribution is 0.153. The molecule has 2 aromatic heterocycles. The Bertz CT molecular complexity index is 1650. The van der Waals surface area contributed by atoms with Gasteiger partial charge in [0, 0.05) is 34.9 Å². The van der Waals surface area contributed by atoms with Crippen molar-refractivity contribution in [3.8, 4) is 16.6 Å². The summed E-state index contributed by atoms with van der Waals surface area (Å²) in [4.78, 5) is 38.0. The lowest BCUT2D eigenvalue weighted by Crippen LogP contribution is -2.45. The zero-order valence-electron chi connectivity index (χ0n) is 21.1. The van der Waals surface area contributed by atoms with Gasteiger partial charge in [-0.05, 0) is 56.5 Å². The maximum atomic E-state index is 13.7. The van der Waals surface area contributed by atoms with Crippen molar-refractivity contribution in [2.24, 2.45) is 0 Å². The zero-order valence-corrected chi connectivity index (χ0v) is 21.9. The monoisotopic (exact) mass is 526 g/mol. The van der Waals surface area contributed by atoms with Crippen molar-refractivity contribution in [2.75, 3.05) is 18.5 Å². The number of piperidine rings is 1. The molecule has 38 heavy (non-hydrogen) atoms. The SMILES string of the molecule is Cc1cnc(-c2cc3nc(C)n(Cc4ccc(C#N)cc4)c(=O)c3cc2N[C@H]2CCN3C(=O)OC[C@@H]3C2)s1. The first kappa shape index (κ1) is 24.1. The summed E-state index contributed by atoms with van der Waals surface area (Å²) in [6.45, 7) is 5.27. The van der Waals surface area contributed by atoms with E-state index in [9.17, 15) is 9.59 Å². The molecule has 192 valence electrons. The summed E-state index contributed by atoms with van der Waals surface area (Å²) in [5.41, 5.74) is 3.75. The number of rotatable bonds is 5. The summed E-state index contributed by atoms with van der Waals surface area (Å²) >= 11 is 1.60. The topological polar surface area (TPSA) is 113 Å². The lowest BCUT2D eigenvalue weighted by atomic mass is 9.97. The van der Waals surface area contributed by atoms with E-state index in [4.69, 9.17) is 15.0 Å². The molecule has 0 spiro atoms. The summed E-state index contributed by atoms with van der Waals surface area (Å²) < 4.78 is 6.90. The third kappa shape index (κ3) is 4.39. The van der Waals surface area contributed by atoms with Crippen LogP contribution in [0.2, 0.25) is 0 Å². The van der Waals surface area contributed by atoms with E-state index in [1.807, 2.05) is 44.3 Å². The molecular formula is C28H26N6O3S. The predicted molar refractivity (Wildman–Crippen MR) is 145 cm³/mol. The molecule has 4 heterocycles. The molecular weight excluding hydrogens is 500 g/mol. The quantitative estimate of drug-likeness (QED) is 0.409. The summed E-state index contributed by atoms with van der Waals surface area (Å²) in [7, 11) is 0. The predicted octanol–water partition coefficient (Wildman–Crippen LogP) is 4.45. The first-order valence-electron chi connectivity index (χ1n) is 12.6. The van der Waals surface area contributed by atoms with E-state index in [0.717, 1.165) is 39.5 Å². The van der Waals surface area contributed by atoms with Crippen molar-refractivity contribution in [3.63, 3.8) is 0 Å². The van der Waals surface area contributed by atoms with Crippen LogP contribution >= 0.6 is 11.3 Å². The van der Waals surface area contributed by atoms with Crippen molar-refractivity contribution < 1.29 is 9.53 Å². The number of ether oxygens (including phenoxy) is 1. The summed E-state index contributed by atoms with van der Waals surface area (Å²) in [6.07, 6.45) is 3.18. The van der Waals surface area contributed by atoms with E-state index in [1.54, 1.807) is 32.9 Å². The second-order valence-corrected chi connectivity index (χ2v) is 11.1. The van der Waals surface area contributed by atoms with Crippen LogP contribution in [0.5, 0.6) is 0 Å². The van der Waals surface area contributed by atoms with Crippen LogP contribution in [0.3, 0.4) is 0 Å². The second kappa shape index (κ2) is 9.58. The Kier molecular flexibility index (Phi) is 6.08. The number of nitrogens with one attached hydrogen (secondary N) is 1. The molecule has 0 saturated carbocycles. The number of aromatic nitrogens is 3. The number of cyclic esters (lactones) is 1. The number of aryl methyl sites for hydroxylation is 2. The number of benzene rings is 2. The number of anilines is 1. The molecule has 9 nitrogen and oxygen atoms in total. The van der Waals surface area contributed by atoms with E-state index in [1.165, 1.54) is 0 Å². The summed E-state index contributed by atoms with van der Waals surface area (Å²) in [5, 5.41) is 14.1. The Hall–Kier alpha value is -4.23. The normalized spacial score (nSPS) is 18.8. The van der Waals surface area contributed by atoms with Crippen molar-refractivity contribution in [1.82, 2.24) is 19.4 Å². The molecule has 0 radical (unpaired) electrons. The number of carbonyl (C=O) groups is 1. The molecule has 2 aromatic carbocycles. The van der Waals surface area contributed by atoms with Crippen LogP contribution in [0.4, 0.5) is 10.5 Å². The highest BCUT2D eigenvalue weighted by Crippen LogP contribution is 2.36. The summed E-state index contributed by atoms with van der Waals surface area (Å²) in [5.74, 6) is 0.618. The minimum absolute atomic E-state index is 0.0636. The van der Waals surface area contributed by atoms with Gasteiger partial charge in [-0.2, -0.15) is 5.26 Å². The van der Waals surface area contributed by atoms with E-state index < -0.39 is 0 Å². The van der Waals surface area contributed by atoms with Crippen molar-refractivity contribution in [2.45, 2.75) is 45.3 Å². The third-order valence-corrected chi connectivity index (χ3v) is 8.21. The Morgan fingerprint density at radius 1 is 1.21 bits per heavy atom. The maximum absolute atomic E-state index is 13.7. The number of thiazole rings is 1. The Labute approximate surface area is 223 Å². The molecule has 0 unspecified atom stereocenters. The van der Waals surface area contributed by atoms with Gasteiger partial charge < -0.3 is 15.0 Å². The van der Waals surface area contributed by atoms with E-state index in [2.05, 4.69) is 16.4 Å². The average Bonchev–Trinajstić information content (AvgIpc) is 3.52. The second-order valence-electron chi connectivity index (χ2n) is 9.84. The number of carbonyl (C=O) groups excluding carboxylic acids is 1. The molecule has 2 aliphatic heterocycles. The van der Waals surface area contributed by atoms with Gasteiger partial charge in [-0.1, -0.05) is 12.1 Å².